The number of rotatable bonds is 8. The second kappa shape index (κ2) is 9.63. The smallest absolute Gasteiger partial charge is 0.478 e. The molecule has 182 valence electrons. The van der Waals surface area contributed by atoms with E-state index < -0.39 is 24.5 Å². The molecule has 7 nitrogen and oxygen atoms in total. The quantitative estimate of drug-likeness (QED) is 0.473. The van der Waals surface area contributed by atoms with Gasteiger partial charge in [0.05, 0.1) is 18.2 Å². The molecule has 2 N–H and O–H groups in total. The Morgan fingerprint density at radius 2 is 1.97 bits per heavy atom. The molecule has 1 aliphatic rings. The number of aliphatic hydroxyl groups is 1. The third kappa shape index (κ3) is 5.51. The number of aryl methyl sites for hydroxylation is 1. The summed E-state index contributed by atoms with van der Waals surface area (Å²) in [7, 11) is 0. The van der Waals surface area contributed by atoms with Crippen molar-refractivity contribution in [1.29, 1.82) is 0 Å². The SMILES string of the molecule is Cc1ccc(C(O)C(Cn2cc3cccc(C(=O)O)c3n2)OC2CCCC2)cc1OC(F)(F)F. The summed E-state index contributed by atoms with van der Waals surface area (Å²) in [6.45, 7) is 1.56. The second-order valence-electron chi connectivity index (χ2n) is 8.50. The van der Waals surface area contributed by atoms with Crippen LogP contribution in [0.1, 0.15) is 53.3 Å². The first-order valence-corrected chi connectivity index (χ1v) is 11.0. The molecule has 0 amide bonds. The lowest BCUT2D eigenvalue weighted by molar-refractivity contribution is -0.274. The maximum Gasteiger partial charge on any atom is 0.573 e. The molecule has 1 heterocycles. The first-order chi connectivity index (χ1) is 16.1. The number of carboxylic acid groups (broad SMARTS) is 1. The van der Waals surface area contributed by atoms with E-state index in [9.17, 15) is 28.2 Å². The van der Waals surface area contributed by atoms with Crippen molar-refractivity contribution >= 4 is 16.9 Å². The van der Waals surface area contributed by atoms with Crippen LogP contribution in [0.2, 0.25) is 0 Å². The summed E-state index contributed by atoms with van der Waals surface area (Å²) in [5, 5.41) is 25.6. The highest BCUT2D eigenvalue weighted by Gasteiger charge is 2.33. The molecule has 34 heavy (non-hydrogen) atoms. The van der Waals surface area contributed by atoms with E-state index in [1.807, 2.05) is 0 Å². The third-order valence-electron chi connectivity index (χ3n) is 5.98. The molecule has 1 saturated carbocycles. The highest BCUT2D eigenvalue weighted by molar-refractivity contribution is 6.01. The molecule has 1 fully saturated rings. The average molecular weight is 478 g/mol. The van der Waals surface area contributed by atoms with Crippen molar-refractivity contribution in [3.05, 3.63) is 59.3 Å². The van der Waals surface area contributed by atoms with Crippen LogP contribution in [0.15, 0.2) is 42.6 Å². The summed E-state index contributed by atoms with van der Waals surface area (Å²) >= 11 is 0. The van der Waals surface area contributed by atoms with Crippen LogP contribution in [0.25, 0.3) is 10.9 Å². The number of aromatic carboxylic acids is 1. The number of alkyl halides is 3. The van der Waals surface area contributed by atoms with E-state index >= 15 is 0 Å². The predicted molar refractivity (Wildman–Crippen MR) is 117 cm³/mol. The van der Waals surface area contributed by atoms with Gasteiger partial charge in [0, 0.05) is 11.6 Å². The summed E-state index contributed by atoms with van der Waals surface area (Å²) < 4.78 is 50.2. The van der Waals surface area contributed by atoms with E-state index in [0.29, 0.717) is 10.9 Å². The molecule has 0 aliphatic heterocycles. The molecule has 0 bridgehead atoms. The van der Waals surface area contributed by atoms with E-state index in [4.69, 9.17) is 4.74 Å². The van der Waals surface area contributed by atoms with Crippen LogP contribution >= 0.6 is 0 Å². The van der Waals surface area contributed by atoms with E-state index in [0.717, 1.165) is 25.7 Å². The third-order valence-corrected chi connectivity index (χ3v) is 5.98. The van der Waals surface area contributed by atoms with Gasteiger partial charge in [-0.25, -0.2) is 4.79 Å². The molecule has 2 unspecified atom stereocenters. The normalized spacial score (nSPS) is 16.6. The van der Waals surface area contributed by atoms with Gasteiger partial charge >= 0.3 is 12.3 Å². The number of carboxylic acids is 1. The van der Waals surface area contributed by atoms with Gasteiger partial charge in [-0.2, -0.15) is 5.10 Å². The minimum Gasteiger partial charge on any atom is -0.478 e. The largest absolute Gasteiger partial charge is 0.573 e. The van der Waals surface area contributed by atoms with Gasteiger partial charge in [-0.1, -0.05) is 37.1 Å². The number of fused-ring (bicyclic) bond motifs is 1. The Bertz CT molecular complexity index is 1170. The van der Waals surface area contributed by atoms with Crippen molar-refractivity contribution in [2.45, 2.75) is 63.8 Å². The zero-order chi connectivity index (χ0) is 24.5. The molecule has 1 aliphatic carbocycles. The number of aliphatic hydroxyl groups excluding tert-OH is 1. The molecule has 3 aromatic rings. The second-order valence-corrected chi connectivity index (χ2v) is 8.50. The summed E-state index contributed by atoms with van der Waals surface area (Å²) in [6.07, 6.45) is -1.73. The molecule has 4 rings (SSSR count). The van der Waals surface area contributed by atoms with Crippen LogP contribution in [0.4, 0.5) is 13.2 Å². The van der Waals surface area contributed by atoms with E-state index in [-0.39, 0.29) is 35.1 Å². The highest BCUT2D eigenvalue weighted by atomic mass is 19.4. The minimum absolute atomic E-state index is 0.0533. The van der Waals surface area contributed by atoms with Gasteiger partial charge in [0.25, 0.3) is 0 Å². The molecule has 10 heteroatoms. The molecule has 0 radical (unpaired) electrons. The van der Waals surface area contributed by atoms with Gasteiger partial charge in [0.2, 0.25) is 0 Å². The molecule has 0 spiro atoms. The fourth-order valence-corrected chi connectivity index (χ4v) is 4.28. The summed E-state index contributed by atoms with van der Waals surface area (Å²) in [5.41, 5.74) is 0.856. The van der Waals surface area contributed by atoms with Gasteiger partial charge in [-0.3, -0.25) is 4.68 Å². The number of benzene rings is 2. The Hall–Kier alpha value is -3.11. The van der Waals surface area contributed by atoms with E-state index in [1.165, 1.54) is 35.9 Å². The Morgan fingerprint density at radius 1 is 1.24 bits per heavy atom. The van der Waals surface area contributed by atoms with Gasteiger partial charge in [-0.15, -0.1) is 13.2 Å². The Labute approximate surface area is 193 Å². The van der Waals surface area contributed by atoms with Gasteiger partial charge in [0.15, 0.2) is 0 Å². The van der Waals surface area contributed by atoms with Crippen LogP contribution in [0.3, 0.4) is 0 Å². The zero-order valence-electron chi connectivity index (χ0n) is 18.5. The number of nitrogens with zero attached hydrogens (tertiary/aromatic N) is 2. The topological polar surface area (TPSA) is 93.8 Å². The zero-order valence-corrected chi connectivity index (χ0v) is 18.5. The average Bonchev–Trinajstić information content (AvgIpc) is 3.42. The van der Waals surface area contributed by atoms with Crippen LogP contribution in [0, 0.1) is 6.92 Å². The van der Waals surface area contributed by atoms with Crippen molar-refractivity contribution in [2.24, 2.45) is 0 Å². The summed E-state index contributed by atoms with van der Waals surface area (Å²) in [4.78, 5) is 11.5. The molecule has 2 aromatic carbocycles. The fraction of sp³-hybridized carbons (Fsp3) is 0.417. The number of ether oxygens (including phenoxy) is 2. The van der Waals surface area contributed by atoms with Crippen molar-refractivity contribution in [2.75, 3.05) is 0 Å². The first-order valence-electron chi connectivity index (χ1n) is 11.0. The van der Waals surface area contributed by atoms with Crippen LogP contribution in [0.5, 0.6) is 5.75 Å². The van der Waals surface area contributed by atoms with Gasteiger partial charge in [-0.05, 0) is 43.0 Å². The summed E-state index contributed by atoms with van der Waals surface area (Å²) in [6, 6.07) is 8.96. The predicted octanol–water partition coefficient (Wildman–Crippen LogP) is 5.00. The van der Waals surface area contributed by atoms with E-state index in [1.54, 1.807) is 18.3 Å². The lowest BCUT2D eigenvalue weighted by Crippen LogP contribution is -2.31. The van der Waals surface area contributed by atoms with Crippen LogP contribution in [-0.4, -0.2) is 44.5 Å². The highest BCUT2D eigenvalue weighted by Crippen LogP contribution is 2.33. The monoisotopic (exact) mass is 478 g/mol. The maximum atomic E-state index is 12.8. The van der Waals surface area contributed by atoms with Crippen molar-refractivity contribution in [1.82, 2.24) is 9.78 Å². The lowest BCUT2D eigenvalue weighted by Gasteiger charge is -2.27. The molecule has 1 aromatic heterocycles. The summed E-state index contributed by atoms with van der Waals surface area (Å²) in [5.74, 6) is -1.49. The van der Waals surface area contributed by atoms with Crippen LogP contribution in [-0.2, 0) is 11.3 Å². The molecule has 2 atom stereocenters. The van der Waals surface area contributed by atoms with Crippen molar-refractivity contribution in [3.8, 4) is 5.75 Å². The standard InChI is InChI=1S/C24H25F3N2O5/c1-14-9-10-15(11-19(14)34-24(25,26)27)22(30)20(33-17-6-2-3-7-17)13-29-12-16-5-4-8-18(23(31)32)21(16)28-29/h4-5,8-12,17,20,22,30H,2-3,6-7,13H2,1H3,(H,31,32). The molecule has 0 saturated heterocycles. The number of halogens is 3. The van der Waals surface area contributed by atoms with E-state index in [2.05, 4.69) is 9.84 Å². The minimum atomic E-state index is -4.86. The first kappa shape index (κ1) is 24.0. The number of aromatic nitrogens is 2. The van der Waals surface area contributed by atoms with Crippen molar-refractivity contribution in [3.63, 3.8) is 0 Å². The molecular formula is C24H25F3N2O5. The fourth-order valence-electron chi connectivity index (χ4n) is 4.28. The van der Waals surface area contributed by atoms with Crippen LogP contribution < -0.4 is 4.74 Å². The number of carbonyl (C=O) groups is 1. The number of hydrogen-bond acceptors (Lipinski definition) is 5. The Balaban J connectivity index is 1.64. The molecular weight excluding hydrogens is 453 g/mol. The maximum absolute atomic E-state index is 12.8. The van der Waals surface area contributed by atoms with Gasteiger partial charge < -0.3 is 19.7 Å². The Morgan fingerprint density at radius 3 is 2.65 bits per heavy atom. The Kier molecular flexibility index (Phi) is 6.81. The van der Waals surface area contributed by atoms with Gasteiger partial charge in [0.1, 0.15) is 23.5 Å². The number of hydrogen-bond donors (Lipinski definition) is 2. The van der Waals surface area contributed by atoms with Crippen molar-refractivity contribution < 1.29 is 37.7 Å². The lowest BCUT2D eigenvalue weighted by atomic mass is 10.0.